The molecule has 30 heavy (non-hydrogen) atoms. The molecule has 0 saturated heterocycles. The molecule has 0 fully saturated rings. The molecule has 0 aliphatic heterocycles. The Kier molecular flexibility index (Phi) is 6.38. The van der Waals surface area contributed by atoms with Crippen LogP contribution in [-0.4, -0.2) is 42.6 Å². The third-order valence-electron chi connectivity index (χ3n) is 5.07. The molecular formula is C21H23ClFN5O2. The first kappa shape index (κ1) is 21.7. The van der Waals surface area contributed by atoms with Crippen LogP contribution in [0.1, 0.15) is 12.5 Å². The number of hydrogen-bond acceptors (Lipinski definition) is 6. The molecule has 1 amide bonds. The maximum absolute atomic E-state index is 14.4. The zero-order chi connectivity index (χ0) is 21.9. The second-order valence-corrected chi connectivity index (χ2v) is 7.38. The van der Waals surface area contributed by atoms with E-state index in [4.69, 9.17) is 16.3 Å². The number of anilines is 2. The van der Waals surface area contributed by atoms with Crippen molar-refractivity contribution in [3.8, 4) is 5.75 Å². The first-order chi connectivity index (χ1) is 14.3. The highest BCUT2D eigenvalue weighted by Crippen LogP contribution is 2.33. The predicted octanol–water partition coefficient (Wildman–Crippen LogP) is 3.44. The molecule has 1 heterocycles. The molecule has 3 aromatic rings. The predicted molar refractivity (Wildman–Crippen MR) is 116 cm³/mol. The number of fused-ring (bicyclic) bond motifs is 1. The van der Waals surface area contributed by atoms with E-state index in [1.807, 2.05) is 6.07 Å². The van der Waals surface area contributed by atoms with Crippen LogP contribution in [0, 0.1) is 5.82 Å². The van der Waals surface area contributed by atoms with Crippen LogP contribution in [-0.2, 0) is 11.2 Å². The number of nitrogens with zero attached hydrogens (tertiary/aromatic N) is 2. The van der Waals surface area contributed by atoms with Crippen molar-refractivity contribution in [3.05, 3.63) is 53.1 Å². The Morgan fingerprint density at radius 1 is 1.27 bits per heavy atom. The van der Waals surface area contributed by atoms with Crippen molar-refractivity contribution in [2.75, 3.05) is 26.5 Å². The number of benzene rings is 2. The Morgan fingerprint density at radius 2 is 2.03 bits per heavy atom. The van der Waals surface area contributed by atoms with Crippen LogP contribution in [0.4, 0.5) is 15.9 Å². The number of amides is 1. The monoisotopic (exact) mass is 431 g/mol. The molecule has 0 bridgehead atoms. The van der Waals surface area contributed by atoms with Crippen LogP contribution in [0.3, 0.4) is 0 Å². The van der Waals surface area contributed by atoms with Crippen LogP contribution in [0.15, 0.2) is 36.7 Å². The largest absolute Gasteiger partial charge is 0.496 e. The number of carbonyl (C=O) groups excluding carboxylic acids is 1. The van der Waals surface area contributed by atoms with Crippen LogP contribution in [0.2, 0.25) is 5.02 Å². The number of nitrogens with one attached hydrogen (secondary N) is 3. The molecule has 0 radical (unpaired) electrons. The average molecular weight is 432 g/mol. The van der Waals surface area contributed by atoms with Crippen molar-refractivity contribution < 1.29 is 13.9 Å². The fraction of sp³-hybridized carbons (Fsp3) is 0.286. The van der Waals surface area contributed by atoms with E-state index >= 15 is 0 Å². The Balaban J connectivity index is 2.10. The Morgan fingerprint density at radius 3 is 2.70 bits per heavy atom. The highest BCUT2D eigenvalue weighted by atomic mass is 35.5. The lowest BCUT2D eigenvalue weighted by atomic mass is 9.90. The van der Waals surface area contributed by atoms with Gasteiger partial charge < -0.3 is 20.7 Å². The van der Waals surface area contributed by atoms with E-state index in [1.165, 1.54) is 12.4 Å². The maximum atomic E-state index is 14.4. The van der Waals surface area contributed by atoms with E-state index in [-0.39, 0.29) is 16.6 Å². The average Bonchev–Trinajstić information content (AvgIpc) is 2.76. The normalized spacial score (nSPS) is 13.0. The topological polar surface area (TPSA) is 88.2 Å². The van der Waals surface area contributed by atoms with Crippen molar-refractivity contribution >= 4 is 39.9 Å². The van der Waals surface area contributed by atoms with Gasteiger partial charge in [-0.25, -0.2) is 14.4 Å². The molecule has 0 aliphatic carbocycles. The molecule has 0 saturated carbocycles. The van der Waals surface area contributed by atoms with E-state index in [0.717, 1.165) is 5.56 Å². The Labute approximate surface area is 179 Å². The van der Waals surface area contributed by atoms with E-state index in [0.29, 0.717) is 28.9 Å². The minimum atomic E-state index is -0.863. The van der Waals surface area contributed by atoms with Gasteiger partial charge in [0.25, 0.3) is 0 Å². The molecule has 0 unspecified atom stereocenters. The first-order valence-corrected chi connectivity index (χ1v) is 9.64. The molecule has 158 valence electrons. The van der Waals surface area contributed by atoms with Crippen molar-refractivity contribution in [2.24, 2.45) is 0 Å². The van der Waals surface area contributed by atoms with E-state index in [2.05, 4.69) is 25.9 Å². The number of aromatic nitrogens is 2. The summed E-state index contributed by atoms with van der Waals surface area (Å²) in [5.41, 5.74) is 0.722. The lowest BCUT2D eigenvalue weighted by Crippen LogP contribution is -2.54. The van der Waals surface area contributed by atoms with Crippen LogP contribution in [0.25, 0.3) is 10.9 Å². The van der Waals surface area contributed by atoms with Crippen LogP contribution in [0.5, 0.6) is 5.75 Å². The van der Waals surface area contributed by atoms with Crippen molar-refractivity contribution in [1.82, 2.24) is 20.6 Å². The summed E-state index contributed by atoms with van der Waals surface area (Å²) in [5, 5.41) is 9.39. The molecular weight excluding hydrogens is 409 g/mol. The van der Waals surface area contributed by atoms with E-state index in [9.17, 15) is 9.18 Å². The number of rotatable bonds is 7. The second-order valence-electron chi connectivity index (χ2n) is 6.97. The second kappa shape index (κ2) is 8.81. The van der Waals surface area contributed by atoms with Gasteiger partial charge in [-0.1, -0.05) is 17.7 Å². The van der Waals surface area contributed by atoms with E-state index < -0.39 is 11.4 Å². The SMILES string of the molecule is CNC(=O)[C@](C)(Cc1cc2c(Nc3cccc(Cl)c3F)ncnc2cc1OC)NC. The minimum absolute atomic E-state index is 0.0103. The highest BCUT2D eigenvalue weighted by Gasteiger charge is 2.32. The molecule has 1 atom stereocenters. The fourth-order valence-electron chi connectivity index (χ4n) is 3.22. The quantitative estimate of drug-likeness (QED) is 0.531. The summed E-state index contributed by atoms with van der Waals surface area (Å²) in [5.74, 6) is 0.278. The first-order valence-electron chi connectivity index (χ1n) is 9.26. The third kappa shape index (κ3) is 4.15. The summed E-state index contributed by atoms with van der Waals surface area (Å²) in [7, 11) is 4.87. The molecule has 9 heteroatoms. The molecule has 3 N–H and O–H groups in total. The van der Waals surface area contributed by atoms with Crippen LogP contribution < -0.4 is 20.7 Å². The number of methoxy groups -OCH3 is 1. The Hall–Kier alpha value is -2.97. The number of ether oxygens (including phenoxy) is 1. The molecule has 0 spiro atoms. The standard InChI is InChI=1S/C21H23ClFN5O2/c1-21(25-3,20(29)24-2)10-12-8-13-16(9-17(12)30-4)26-11-27-19(13)28-15-7-5-6-14(22)18(15)23/h5-9,11,25H,10H2,1-4H3,(H,24,29)(H,26,27,28)/t21-/m0/s1. The minimum Gasteiger partial charge on any atom is -0.496 e. The third-order valence-corrected chi connectivity index (χ3v) is 5.36. The van der Waals surface area contributed by atoms with Gasteiger partial charge >= 0.3 is 0 Å². The molecule has 1 aromatic heterocycles. The fourth-order valence-corrected chi connectivity index (χ4v) is 3.40. The number of halogens is 2. The van der Waals surface area contributed by atoms with E-state index in [1.54, 1.807) is 46.3 Å². The lowest BCUT2D eigenvalue weighted by molar-refractivity contribution is -0.126. The number of carbonyl (C=O) groups is 1. The Bertz CT molecular complexity index is 1090. The van der Waals surface area contributed by atoms with Crippen LogP contribution >= 0.6 is 11.6 Å². The van der Waals surface area contributed by atoms with Crippen molar-refractivity contribution in [1.29, 1.82) is 0 Å². The van der Waals surface area contributed by atoms with Crippen molar-refractivity contribution in [3.63, 3.8) is 0 Å². The van der Waals surface area contributed by atoms with Gasteiger partial charge in [0.2, 0.25) is 5.91 Å². The lowest BCUT2D eigenvalue weighted by Gasteiger charge is -2.28. The molecule has 0 aliphatic rings. The van der Waals surface area contributed by atoms with Gasteiger partial charge in [-0.2, -0.15) is 0 Å². The molecule has 2 aromatic carbocycles. The van der Waals surface area contributed by atoms with Gasteiger partial charge in [-0.3, -0.25) is 4.79 Å². The number of hydrogen-bond donors (Lipinski definition) is 3. The van der Waals surface area contributed by atoms with Gasteiger partial charge in [0, 0.05) is 24.9 Å². The zero-order valence-corrected chi connectivity index (χ0v) is 17.9. The van der Waals surface area contributed by atoms with Gasteiger partial charge in [-0.05, 0) is 37.7 Å². The number of likely N-dealkylation sites (N-methyl/N-ethyl adjacent to an activating group) is 2. The highest BCUT2D eigenvalue weighted by molar-refractivity contribution is 6.31. The maximum Gasteiger partial charge on any atom is 0.240 e. The summed E-state index contributed by atoms with van der Waals surface area (Å²) >= 11 is 5.89. The summed E-state index contributed by atoms with van der Waals surface area (Å²) in [6, 6.07) is 8.31. The molecule has 3 rings (SSSR count). The zero-order valence-electron chi connectivity index (χ0n) is 17.1. The summed E-state index contributed by atoms with van der Waals surface area (Å²) in [6.07, 6.45) is 1.73. The van der Waals surface area contributed by atoms with Crippen molar-refractivity contribution in [2.45, 2.75) is 18.9 Å². The van der Waals surface area contributed by atoms with Gasteiger partial charge in [0.05, 0.1) is 28.9 Å². The molecule has 7 nitrogen and oxygen atoms in total. The smallest absolute Gasteiger partial charge is 0.240 e. The summed E-state index contributed by atoms with van der Waals surface area (Å²) in [6.45, 7) is 1.80. The van der Waals surface area contributed by atoms with Gasteiger partial charge in [0.1, 0.15) is 17.9 Å². The summed E-state index contributed by atoms with van der Waals surface area (Å²) in [4.78, 5) is 21.0. The summed E-state index contributed by atoms with van der Waals surface area (Å²) < 4.78 is 19.9. The van der Waals surface area contributed by atoms with Gasteiger partial charge in [0.15, 0.2) is 5.82 Å². The van der Waals surface area contributed by atoms with Gasteiger partial charge in [-0.15, -0.1) is 0 Å².